The number of primary amides is 1. The molecule has 1 unspecified atom stereocenters. The predicted molar refractivity (Wildman–Crippen MR) is 115 cm³/mol. The molecule has 10 heteroatoms. The highest BCUT2D eigenvalue weighted by Gasteiger charge is 2.25. The zero-order valence-corrected chi connectivity index (χ0v) is 17.3. The summed E-state index contributed by atoms with van der Waals surface area (Å²) in [5.74, 6) is -0.331. The number of nitrogens with one attached hydrogen (secondary N) is 1. The van der Waals surface area contributed by atoms with Crippen molar-refractivity contribution in [2.45, 2.75) is 6.92 Å². The number of rotatable bonds is 8. The van der Waals surface area contributed by atoms with Gasteiger partial charge in [0.05, 0.1) is 18.2 Å². The lowest BCUT2D eigenvalue weighted by Gasteiger charge is -2.09. The summed E-state index contributed by atoms with van der Waals surface area (Å²) < 4.78 is 11.4. The predicted octanol–water partition coefficient (Wildman–Crippen LogP) is 5.24. The molecule has 0 saturated heterocycles. The molecule has 2 aromatic carbocycles. The molecule has 0 saturated carbocycles. The third-order valence-electron chi connectivity index (χ3n) is 4.21. The lowest BCUT2D eigenvalue weighted by molar-refractivity contribution is 0.101. The number of carbonyl (C=O) groups excluding carboxylic acids is 2. The number of carbonyl (C=O) groups is 2. The van der Waals surface area contributed by atoms with E-state index in [-0.39, 0.29) is 41.1 Å². The minimum absolute atomic E-state index is 0.0657. The fraction of sp³-hybridized carbons (Fsp3) is 0.200. The van der Waals surface area contributed by atoms with Crippen molar-refractivity contribution in [3.63, 3.8) is 0 Å². The Morgan fingerprint density at radius 3 is 2.70 bits per heavy atom. The van der Waals surface area contributed by atoms with Crippen LogP contribution in [-0.2, 0) is 0 Å². The molecule has 3 N–H and O–H groups in total. The van der Waals surface area contributed by atoms with Gasteiger partial charge in [0.15, 0.2) is 5.76 Å². The normalized spacial score (nSPS) is 11.8. The maximum Gasteiger partial charge on any atom is 0.316 e. The van der Waals surface area contributed by atoms with E-state index in [2.05, 4.69) is 10.5 Å². The maximum absolute atomic E-state index is 13.1. The van der Waals surface area contributed by atoms with Crippen molar-refractivity contribution in [3.8, 4) is 5.75 Å². The highest BCUT2D eigenvalue weighted by molar-refractivity contribution is 6.37. The second kappa shape index (κ2) is 9.15. The number of hydrogen-bond donors (Lipinski definition) is 2. The summed E-state index contributed by atoms with van der Waals surface area (Å²) in [5, 5.41) is 6.22. The molecule has 3 aromatic rings. The fourth-order valence-electron chi connectivity index (χ4n) is 2.79. The first-order chi connectivity index (χ1) is 14.3. The Kier molecular flexibility index (Phi) is 6.59. The third-order valence-corrected chi connectivity index (χ3v) is 4.77. The van der Waals surface area contributed by atoms with Gasteiger partial charge in [0.2, 0.25) is 5.78 Å². The summed E-state index contributed by atoms with van der Waals surface area (Å²) in [6, 6.07) is 8.42. The van der Waals surface area contributed by atoms with Crippen LogP contribution >= 0.6 is 23.2 Å². The number of anilines is 1. The van der Waals surface area contributed by atoms with E-state index < -0.39 is 11.8 Å². The molecular weight excluding hydrogens is 433 g/mol. The lowest BCUT2D eigenvalue weighted by atomic mass is 10.1. The summed E-state index contributed by atoms with van der Waals surface area (Å²) in [4.78, 5) is 34.9. The van der Waals surface area contributed by atoms with Gasteiger partial charge in [-0.1, -0.05) is 35.3 Å². The second-order valence-electron chi connectivity index (χ2n) is 6.63. The Morgan fingerprint density at radius 2 is 2.00 bits per heavy atom. The Hall–Kier alpha value is -3.10. The van der Waals surface area contributed by atoms with Crippen molar-refractivity contribution in [1.82, 2.24) is 0 Å². The molecule has 0 aliphatic heterocycles. The number of benzene rings is 2. The van der Waals surface area contributed by atoms with Crippen molar-refractivity contribution in [1.29, 1.82) is 0 Å². The number of fused-ring (bicyclic) bond motifs is 1. The van der Waals surface area contributed by atoms with Crippen molar-refractivity contribution in [2.75, 3.05) is 18.5 Å². The van der Waals surface area contributed by atoms with E-state index in [1.54, 1.807) is 24.3 Å². The van der Waals surface area contributed by atoms with E-state index in [4.69, 9.17) is 38.1 Å². The topological polar surface area (TPSA) is 124 Å². The van der Waals surface area contributed by atoms with Gasteiger partial charge in [0.1, 0.15) is 17.0 Å². The third kappa shape index (κ3) is 4.72. The van der Waals surface area contributed by atoms with Crippen molar-refractivity contribution in [3.05, 3.63) is 62.7 Å². The Bertz CT molecular complexity index is 1130. The summed E-state index contributed by atoms with van der Waals surface area (Å²) in [7, 11) is 0. The summed E-state index contributed by atoms with van der Waals surface area (Å²) >= 11 is 12.1. The number of ether oxygens (including phenoxy) is 1. The van der Waals surface area contributed by atoms with Crippen LogP contribution in [0.25, 0.3) is 11.0 Å². The Labute approximate surface area is 181 Å². The molecule has 0 bridgehead atoms. The van der Waals surface area contributed by atoms with Crippen LogP contribution in [0.15, 0.2) is 46.0 Å². The van der Waals surface area contributed by atoms with Gasteiger partial charge in [-0.25, -0.2) is 4.79 Å². The smallest absolute Gasteiger partial charge is 0.316 e. The van der Waals surface area contributed by atoms with Gasteiger partial charge in [0.25, 0.3) is 0 Å². The quantitative estimate of drug-likeness (QED) is 0.359. The first-order valence-corrected chi connectivity index (χ1v) is 9.60. The van der Waals surface area contributed by atoms with Crippen LogP contribution in [0.5, 0.6) is 5.75 Å². The minimum atomic E-state index is -0.862. The van der Waals surface area contributed by atoms with Gasteiger partial charge in [-0.3, -0.25) is 4.79 Å². The summed E-state index contributed by atoms with van der Waals surface area (Å²) in [6.45, 7) is 2.23. The van der Waals surface area contributed by atoms with Crippen LogP contribution in [-0.4, -0.2) is 25.0 Å². The van der Waals surface area contributed by atoms with E-state index in [0.717, 1.165) is 0 Å². The molecule has 1 atom stereocenters. The number of ketones is 1. The van der Waals surface area contributed by atoms with E-state index in [1.165, 1.54) is 12.1 Å². The molecule has 0 spiro atoms. The lowest BCUT2D eigenvalue weighted by Crippen LogP contribution is -2.20. The zero-order valence-electron chi connectivity index (χ0n) is 15.8. The fourth-order valence-corrected chi connectivity index (χ4v) is 3.16. The van der Waals surface area contributed by atoms with Gasteiger partial charge < -0.3 is 20.2 Å². The SMILES string of the molecule is CC(CN=O)COc1ccc2c(NC(N)=O)c(C(=O)c3cc(Cl)ccc3Cl)oc2c1. The van der Waals surface area contributed by atoms with Crippen molar-refractivity contribution < 1.29 is 18.7 Å². The van der Waals surface area contributed by atoms with Gasteiger partial charge in [-0.2, -0.15) is 4.91 Å². The van der Waals surface area contributed by atoms with Crippen LogP contribution < -0.4 is 15.8 Å². The van der Waals surface area contributed by atoms with Crippen LogP contribution in [0, 0.1) is 10.8 Å². The molecule has 0 fully saturated rings. The summed E-state index contributed by atoms with van der Waals surface area (Å²) in [6.07, 6.45) is 0. The van der Waals surface area contributed by atoms with Crippen molar-refractivity contribution >= 4 is 51.7 Å². The average Bonchev–Trinajstić information content (AvgIpc) is 3.05. The van der Waals surface area contributed by atoms with Gasteiger partial charge in [0, 0.05) is 28.0 Å². The molecule has 30 heavy (non-hydrogen) atoms. The molecule has 0 aliphatic carbocycles. The number of nitroso groups, excluding NO2 is 1. The molecule has 156 valence electrons. The number of furan rings is 1. The summed E-state index contributed by atoms with van der Waals surface area (Å²) in [5.41, 5.74) is 5.78. The van der Waals surface area contributed by atoms with Gasteiger partial charge in [-0.15, -0.1) is 0 Å². The number of amides is 2. The average molecular weight is 450 g/mol. The molecule has 1 heterocycles. The Morgan fingerprint density at radius 1 is 1.23 bits per heavy atom. The molecule has 1 aromatic heterocycles. The van der Waals surface area contributed by atoms with Crippen LogP contribution in [0.4, 0.5) is 10.5 Å². The van der Waals surface area contributed by atoms with Gasteiger partial charge in [-0.05, 0) is 30.3 Å². The number of urea groups is 1. The minimum Gasteiger partial charge on any atom is -0.493 e. The molecular formula is C20H17Cl2N3O5. The zero-order chi connectivity index (χ0) is 21.8. The van der Waals surface area contributed by atoms with E-state index in [9.17, 15) is 14.5 Å². The highest BCUT2D eigenvalue weighted by Crippen LogP contribution is 2.36. The first kappa shape index (κ1) is 21.6. The molecule has 0 radical (unpaired) electrons. The number of hydrogen-bond acceptors (Lipinski definition) is 6. The second-order valence-corrected chi connectivity index (χ2v) is 7.48. The van der Waals surface area contributed by atoms with E-state index in [0.29, 0.717) is 21.7 Å². The molecule has 0 aliphatic rings. The molecule has 3 rings (SSSR count). The Balaban J connectivity index is 2.02. The standard InChI is InChI=1S/C20H17Cl2N3O5/c1-10(8-24-28)9-29-12-3-4-13-16(7-12)30-19(17(13)25-20(23)27)18(26)14-6-11(21)2-5-15(14)22/h2-7,10H,8-9H2,1H3,(H3,23,25,27). The van der Waals surface area contributed by atoms with E-state index >= 15 is 0 Å². The number of nitrogens with zero attached hydrogens (tertiary/aromatic N) is 1. The van der Waals surface area contributed by atoms with Gasteiger partial charge >= 0.3 is 6.03 Å². The van der Waals surface area contributed by atoms with Crippen LogP contribution in [0.2, 0.25) is 10.0 Å². The van der Waals surface area contributed by atoms with Crippen molar-refractivity contribution in [2.24, 2.45) is 16.8 Å². The largest absolute Gasteiger partial charge is 0.493 e. The van der Waals surface area contributed by atoms with Crippen LogP contribution in [0.3, 0.4) is 0 Å². The first-order valence-electron chi connectivity index (χ1n) is 8.84. The monoisotopic (exact) mass is 449 g/mol. The number of nitrogens with two attached hydrogens (primary N) is 1. The highest BCUT2D eigenvalue weighted by atomic mass is 35.5. The van der Waals surface area contributed by atoms with E-state index in [1.807, 2.05) is 6.92 Å². The maximum atomic E-state index is 13.1. The van der Waals surface area contributed by atoms with Crippen LogP contribution in [0.1, 0.15) is 23.0 Å². The molecule has 8 nitrogen and oxygen atoms in total. The molecule has 2 amide bonds. The number of halogens is 2.